The third-order valence-corrected chi connectivity index (χ3v) is 11.2. The highest BCUT2D eigenvalue weighted by molar-refractivity contribution is 7.86. The van der Waals surface area contributed by atoms with E-state index in [4.69, 9.17) is 18.4 Å². The van der Waals surface area contributed by atoms with Crippen molar-refractivity contribution in [3.8, 4) is 22.8 Å². The lowest BCUT2D eigenvalue weighted by Crippen LogP contribution is -2.44. The molecule has 268 valence electrons. The van der Waals surface area contributed by atoms with Gasteiger partial charge in [-0.3, -0.25) is 9.17 Å². The summed E-state index contributed by atoms with van der Waals surface area (Å²) in [6, 6.07) is 20.9. The largest absolute Gasteiger partial charge is 0.489 e. The van der Waals surface area contributed by atoms with E-state index in [1.807, 2.05) is 43.7 Å². The topological polar surface area (TPSA) is 131 Å². The third-order valence-electron chi connectivity index (χ3n) is 9.88. The van der Waals surface area contributed by atoms with Crippen LogP contribution in [0.25, 0.3) is 32.9 Å². The standard InChI is InChI=1S/C39H40N6O6S/c1-26-3-7-33(8-4-26)52(46,47)49-18-17-48-32-22-38(43-42-24-32)45-15-12-29(13-16-45)50-30-20-31(21-30)51-39-10-6-28(23-41-39)27-5-9-34-35-25-40-14-11-36(35)44(2)37(34)19-27/h3-11,14,19,22-25,29-31H,12-13,15-18,20-21H2,1-2H3. The van der Waals surface area contributed by atoms with E-state index in [0.29, 0.717) is 17.4 Å². The molecule has 2 aliphatic rings. The molecule has 0 spiro atoms. The molecule has 6 aromatic rings. The van der Waals surface area contributed by atoms with Gasteiger partial charge in [0.05, 0.1) is 28.8 Å². The van der Waals surface area contributed by atoms with Crippen LogP contribution in [0, 0.1) is 6.92 Å². The number of hydrogen-bond acceptors (Lipinski definition) is 11. The second kappa shape index (κ2) is 14.5. The number of rotatable bonds is 12. The molecule has 13 heteroatoms. The van der Waals surface area contributed by atoms with Crippen molar-refractivity contribution in [2.75, 3.05) is 31.2 Å². The summed E-state index contributed by atoms with van der Waals surface area (Å²) in [7, 11) is -1.76. The third kappa shape index (κ3) is 7.29. The number of piperidine rings is 1. The number of anilines is 1. The number of aryl methyl sites for hydroxylation is 2. The van der Waals surface area contributed by atoms with E-state index in [1.54, 1.807) is 12.1 Å². The van der Waals surface area contributed by atoms with Gasteiger partial charge in [0.25, 0.3) is 10.1 Å². The molecule has 0 unspecified atom stereocenters. The second-order valence-electron chi connectivity index (χ2n) is 13.4. The fraction of sp³-hybridized carbons (Fsp3) is 0.333. The molecule has 0 amide bonds. The molecule has 2 aromatic carbocycles. The van der Waals surface area contributed by atoms with E-state index in [9.17, 15) is 8.42 Å². The molecule has 2 fully saturated rings. The van der Waals surface area contributed by atoms with Gasteiger partial charge in [0, 0.05) is 85.6 Å². The molecule has 1 aliphatic carbocycles. The van der Waals surface area contributed by atoms with E-state index in [1.165, 1.54) is 23.7 Å². The average Bonchev–Trinajstić information content (AvgIpc) is 3.44. The molecule has 0 atom stereocenters. The summed E-state index contributed by atoms with van der Waals surface area (Å²) < 4.78 is 50.5. The Morgan fingerprint density at radius 3 is 2.40 bits per heavy atom. The number of fused-ring (bicyclic) bond motifs is 3. The van der Waals surface area contributed by atoms with Crippen LogP contribution in [-0.2, 0) is 26.1 Å². The SMILES string of the molecule is Cc1ccc(S(=O)(=O)OCCOc2cnnc(N3CCC(OC4CC(Oc5ccc(-c6ccc7c8cnccc8n(C)c7c6)cn5)C4)CC3)c2)cc1. The summed E-state index contributed by atoms with van der Waals surface area (Å²) in [5.41, 5.74) is 5.45. The van der Waals surface area contributed by atoms with Gasteiger partial charge in [-0.15, -0.1) is 5.10 Å². The minimum absolute atomic E-state index is 0.0567. The fourth-order valence-electron chi connectivity index (χ4n) is 6.89. The Hall–Kier alpha value is -5.11. The first kappa shape index (κ1) is 34.0. The quantitative estimate of drug-likeness (QED) is 0.105. The molecule has 5 heterocycles. The zero-order chi connectivity index (χ0) is 35.7. The van der Waals surface area contributed by atoms with E-state index in [2.05, 4.69) is 60.9 Å². The Bertz CT molecular complexity index is 2280. The maximum atomic E-state index is 12.4. The van der Waals surface area contributed by atoms with Crippen LogP contribution < -0.4 is 14.4 Å². The van der Waals surface area contributed by atoms with Gasteiger partial charge in [-0.05, 0) is 55.7 Å². The first-order chi connectivity index (χ1) is 25.3. The summed E-state index contributed by atoms with van der Waals surface area (Å²) >= 11 is 0. The van der Waals surface area contributed by atoms with Gasteiger partial charge in [-0.2, -0.15) is 13.5 Å². The first-order valence-corrected chi connectivity index (χ1v) is 19.0. The highest BCUT2D eigenvalue weighted by atomic mass is 32.2. The van der Waals surface area contributed by atoms with Crippen LogP contribution >= 0.6 is 0 Å². The Morgan fingerprint density at radius 1 is 0.808 bits per heavy atom. The van der Waals surface area contributed by atoms with Gasteiger partial charge in [0.1, 0.15) is 25.1 Å². The van der Waals surface area contributed by atoms with Crippen molar-refractivity contribution in [3.05, 3.63) is 97.1 Å². The molecule has 4 aromatic heterocycles. The number of ether oxygens (including phenoxy) is 3. The lowest BCUT2D eigenvalue weighted by atomic mass is 9.91. The molecule has 0 bridgehead atoms. The predicted octanol–water partition coefficient (Wildman–Crippen LogP) is 6.27. The van der Waals surface area contributed by atoms with Crippen molar-refractivity contribution in [1.82, 2.24) is 24.7 Å². The van der Waals surface area contributed by atoms with E-state index in [-0.39, 0.29) is 36.4 Å². The monoisotopic (exact) mass is 720 g/mol. The molecular weight excluding hydrogens is 681 g/mol. The molecule has 1 saturated heterocycles. The number of aromatic nitrogens is 5. The maximum Gasteiger partial charge on any atom is 0.297 e. The Morgan fingerprint density at radius 2 is 1.62 bits per heavy atom. The normalized spacial score (nSPS) is 18.1. The van der Waals surface area contributed by atoms with Gasteiger partial charge in [-0.25, -0.2) is 4.98 Å². The van der Waals surface area contributed by atoms with Gasteiger partial charge < -0.3 is 23.7 Å². The number of nitrogens with zero attached hydrogens (tertiary/aromatic N) is 6. The van der Waals surface area contributed by atoms with Crippen molar-refractivity contribution in [2.45, 2.75) is 55.8 Å². The number of pyridine rings is 2. The zero-order valence-electron chi connectivity index (χ0n) is 29.1. The van der Waals surface area contributed by atoms with Crippen molar-refractivity contribution < 1.29 is 26.8 Å². The van der Waals surface area contributed by atoms with Crippen molar-refractivity contribution in [2.24, 2.45) is 7.05 Å². The summed E-state index contributed by atoms with van der Waals surface area (Å²) in [5.74, 6) is 1.85. The van der Waals surface area contributed by atoms with Crippen LogP contribution in [-0.4, -0.2) is 77.8 Å². The van der Waals surface area contributed by atoms with Crippen LogP contribution in [0.15, 0.2) is 96.4 Å². The second-order valence-corrected chi connectivity index (χ2v) is 15.0. The van der Waals surface area contributed by atoms with E-state index < -0.39 is 10.1 Å². The van der Waals surface area contributed by atoms with Gasteiger partial charge in [0.2, 0.25) is 5.88 Å². The highest BCUT2D eigenvalue weighted by Gasteiger charge is 2.35. The highest BCUT2D eigenvalue weighted by Crippen LogP contribution is 2.34. The van der Waals surface area contributed by atoms with Crippen molar-refractivity contribution >= 4 is 37.7 Å². The minimum atomic E-state index is -3.85. The molecular formula is C39H40N6O6S. The Kier molecular flexibility index (Phi) is 9.47. The van der Waals surface area contributed by atoms with Crippen LogP contribution in [0.4, 0.5) is 5.82 Å². The zero-order valence-corrected chi connectivity index (χ0v) is 29.9. The molecule has 52 heavy (non-hydrogen) atoms. The smallest absolute Gasteiger partial charge is 0.297 e. The Balaban J connectivity index is 0.761. The summed E-state index contributed by atoms with van der Waals surface area (Å²) in [6.45, 7) is 3.41. The summed E-state index contributed by atoms with van der Waals surface area (Å²) in [5, 5.41) is 10.7. The number of benzene rings is 2. The lowest BCUT2D eigenvalue weighted by molar-refractivity contribution is -0.102. The van der Waals surface area contributed by atoms with Crippen molar-refractivity contribution in [3.63, 3.8) is 0 Å². The number of hydrogen-bond donors (Lipinski definition) is 0. The summed E-state index contributed by atoms with van der Waals surface area (Å²) in [6.07, 6.45) is 11.0. The Labute approximate surface area is 302 Å². The van der Waals surface area contributed by atoms with Crippen LogP contribution in [0.2, 0.25) is 0 Å². The molecule has 1 saturated carbocycles. The molecule has 1 aliphatic heterocycles. The molecule has 8 rings (SSSR count). The van der Waals surface area contributed by atoms with Crippen LogP contribution in [0.3, 0.4) is 0 Å². The fourth-order valence-corrected chi connectivity index (χ4v) is 7.78. The maximum absolute atomic E-state index is 12.4. The summed E-state index contributed by atoms with van der Waals surface area (Å²) in [4.78, 5) is 11.2. The van der Waals surface area contributed by atoms with E-state index >= 15 is 0 Å². The minimum Gasteiger partial charge on any atom is -0.489 e. The predicted molar refractivity (Wildman–Crippen MR) is 197 cm³/mol. The lowest BCUT2D eigenvalue weighted by Gasteiger charge is -2.39. The van der Waals surface area contributed by atoms with Crippen LogP contribution in [0.1, 0.15) is 31.2 Å². The molecule has 12 nitrogen and oxygen atoms in total. The molecule has 0 radical (unpaired) electrons. The first-order valence-electron chi connectivity index (χ1n) is 17.6. The van der Waals surface area contributed by atoms with Gasteiger partial charge in [0.15, 0.2) is 5.82 Å². The average molecular weight is 721 g/mol. The van der Waals surface area contributed by atoms with Crippen LogP contribution in [0.5, 0.6) is 11.6 Å². The molecule has 0 N–H and O–H groups in total. The van der Waals surface area contributed by atoms with Crippen molar-refractivity contribution in [1.29, 1.82) is 0 Å². The van der Waals surface area contributed by atoms with Gasteiger partial charge >= 0.3 is 0 Å². The van der Waals surface area contributed by atoms with Gasteiger partial charge in [-0.1, -0.05) is 29.8 Å². The van der Waals surface area contributed by atoms with E-state index in [0.717, 1.165) is 71.9 Å².